The van der Waals surface area contributed by atoms with Crippen LogP contribution in [0.3, 0.4) is 0 Å². The van der Waals surface area contributed by atoms with Crippen molar-refractivity contribution < 1.29 is 38.5 Å². The van der Waals surface area contributed by atoms with Crippen molar-refractivity contribution in [2.45, 2.75) is 58.0 Å². The van der Waals surface area contributed by atoms with Crippen LogP contribution >= 0.6 is 0 Å². The van der Waals surface area contributed by atoms with Gasteiger partial charge in [0.2, 0.25) is 0 Å². The van der Waals surface area contributed by atoms with Crippen molar-refractivity contribution in [2.75, 3.05) is 0 Å². The minimum Gasteiger partial charge on any atom is -0.458 e. The van der Waals surface area contributed by atoms with E-state index in [1.807, 2.05) is 6.92 Å². The predicted octanol–water partition coefficient (Wildman–Crippen LogP) is 1.98. The summed E-state index contributed by atoms with van der Waals surface area (Å²) in [4.78, 5) is 49.8. The molecule has 8 heteroatoms. The highest BCUT2D eigenvalue weighted by Crippen LogP contribution is 2.40. The molecule has 8 nitrogen and oxygen atoms in total. The van der Waals surface area contributed by atoms with Crippen molar-refractivity contribution in [3.8, 4) is 0 Å². The van der Waals surface area contributed by atoms with Crippen LogP contribution in [0.4, 0.5) is 0 Å². The van der Waals surface area contributed by atoms with E-state index in [4.69, 9.17) is 14.2 Å². The van der Waals surface area contributed by atoms with E-state index in [-0.39, 0.29) is 11.5 Å². The zero-order valence-electron chi connectivity index (χ0n) is 18.1. The molecule has 0 saturated carbocycles. The van der Waals surface area contributed by atoms with E-state index in [0.29, 0.717) is 6.42 Å². The quantitative estimate of drug-likeness (QED) is 0.407. The summed E-state index contributed by atoms with van der Waals surface area (Å²) < 4.78 is 16.4. The van der Waals surface area contributed by atoms with E-state index in [1.165, 1.54) is 25.2 Å². The fourth-order valence-corrected chi connectivity index (χ4v) is 3.69. The number of ether oxygens (including phenoxy) is 3. The second-order valence-electron chi connectivity index (χ2n) is 7.84. The molecule has 6 atom stereocenters. The van der Waals surface area contributed by atoms with Gasteiger partial charge < -0.3 is 19.3 Å². The number of hydrogen-bond donors (Lipinski definition) is 1. The molecule has 2 rings (SSSR count). The third kappa shape index (κ3) is 5.38. The third-order valence-corrected chi connectivity index (χ3v) is 5.31. The molecule has 0 aromatic heterocycles. The molecule has 2 aliphatic rings. The van der Waals surface area contributed by atoms with Crippen molar-refractivity contribution in [1.82, 2.24) is 0 Å². The lowest BCUT2D eigenvalue weighted by Gasteiger charge is -2.39. The second-order valence-corrected chi connectivity index (χ2v) is 7.84. The Labute approximate surface area is 181 Å². The third-order valence-electron chi connectivity index (χ3n) is 5.31. The van der Waals surface area contributed by atoms with Gasteiger partial charge in [0.05, 0.1) is 5.92 Å². The molecule has 1 aliphatic heterocycles. The maximum Gasteiger partial charge on any atom is 0.334 e. The molecule has 0 unspecified atom stereocenters. The van der Waals surface area contributed by atoms with Crippen LogP contribution in [0.1, 0.15) is 34.1 Å². The van der Waals surface area contributed by atoms with Crippen LogP contribution in [0.15, 0.2) is 48.6 Å². The Morgan fingerprint density at radius 1 is 1.19 bits per heavy atom. The smallest absolute Gasteiger partial charge is 0.334 e. The van der Waals surface area contributed by atoms with Gasteiger partial charge in [0.1, 0.15) is 6.10 Å². The van der Waals surface area contributed by atoms with Crippen molar-refractivity contribution in [3.63, 3.8) is 0 Å². The molecule has 1 aliphatic carbocycles. The maximum absolute atomic E-state index is 12.8. The molecule has 0 spiro atoms. The van der Waals surface area contributed by atoms with E-state index >= 15 is 0 Å². The van der Waals surface area contributed by atoms with Crippen molar-refractivity contribution in [2.24, 2.45) is 11.8 Å². The fourth-order valence-electron chi connectivity index (χ4n) is 3.69. The zero-order valence-corrected chi connectivity index (χ0v) is 18.1. The molecule has 1 fully saturated rings. The monoisotopic (exact) mass is 432 g/mol. The molecular weight excluding hydrogens is 404 g/mol. The Balaban J connectivity index is 2.68. The Morgan fingerprint density at radius 2 is 1.77 bits per heavy atom. The van der Waals surface area contributed by atoms with Gasteiger partial charge in [0.25, 0.3) is 0 Å². The lowest BCUT2D eigenvalue weighted by Crippen LogP contribution is -2.58. The van der Waals surface area contributed by atoms with Crippen LogP contribution in [0.2, 0.25) is 0 Å². The number of esters is 3. The lowest BCUT2D eigenvalue weighted by molar-refractivity contribution is -0.192. The summed E-state index contributed by atoms with van der Waals surface area (Å²) in [7, 11) is 0. The van der Waals surface area contributed by atoms with Crippen LogP contribution in [-0.2, 0) is 33.4 Å². The number of carbonyl (C=O) groups excluding carboxylic acids is 4. The van der Waals surface area contributed by atoms with Crippen LogP contribution < -0.4 is 0 Å². The average molecular weight is 432 g/mol. The first-order valence-electron chi connectivity index (χ1n) is 10.0. The Bertz CT molecular complexity index is 848. The number of fused-ring (bicyclic) bond motifs is 1. The molecule has 168 valence electrons. The highest BCUT2D eigenvalue weighted by Gasteiger charge is 2.55. The first-order chi connectivity index (χ1) is 14.5. The molecule has 1 N–H and O–H groups in total. The van der Waals surface area contributed by atoms with Crippen LogP contribution in [0.5, 0.6) is 0 Å². The van der Waals surface area contributed by atoms with Gasteiger partial charge in [-0.2, -0.15) is 0 Å². The van der Waals surface area contributed by atoms with Crippen molar-refractivity contribution in [1.29, 1.82) is 0 Å². The molecule has 1 saturated heterocycles. The summed E-state index contributed by atoms with van der Waals surface area (Å²) in [6.45, 7) is 9.95. The summed E-state index contributed by atoms with van der Waals surface area (Å²) in [6.07, 6.45) is 4.41. The van der Waals surface area contributed by atoms with Gasteiger partial charge in [-0.05, 0) is 39.2 Å². The van der Waals surface area contributed by atoms with Crippen LogP contribution in [0.25, 0.3) is 0 Å². The topological polar surface area (TPSA) is 116 Å². The van der Waals surface area contributed by atoms with Gasteiger partial charge in [0.15, 0.2) is 23.6 Å². The average Bonchev–Trinajstić information content (AvgIpc) is 2.95. The zero-order chi connectivity index (χ0) is 23.3. The van der Waals surface area contributed by atoms with Gasteiger partial charge in [-0.25, -0.2) is 14.4 Å². The summed E-state index contributed by atoms with van der Waals surface area (Å²) in [5.41, 5.74) is -2.25. The highest BCUT2D eigenvalue weighted by atomic mass is 16.6. The Kier molecular flexibility index (Phi) is 7.73. The van der Waals surface area contributed by atoms with E-state index in [2.05, 4.69) is 6.58 Å². The molecule has 1 heterocycles. The molecule has 0 aromatic carbocycles. The fraction of sp³-hybridized carbons (Fsp3) is 0.478. The van der Waals surface area contributed by atoms with Crippen molar-refractivity contribution >= 4 is 23.7 Å². The Morgan fingerprint density at radius 3 is 2.35 bits per heavy atom. The standard InChI is InChI=1S/C23H28O8/c1-6-8-17(25)30-20-19-14(4)22(27)29-15(19)12-13(3)10-11-16(24)23(5,28)21(20)31-18(26)9-7-2/h6-11,13,15,19-21,28H,4,12H2,1-3,5H3/b8-6+,9-7+,11-10-/t13-,15+,19-,20-,21+,23+/m0/s1. The minimum absolute atomic E-state index is 0.00960. The highest BCUT2D eigenvalue weighted by molar-refractivity contribution is 5.98. The largest absolute Gasteiger partial charge is 0.458 e. The van der Waals surface area contributed by atoms with Crippen LogP contribution in [-0.4, -0.2) is 52.7 Å². The normalized spacial score (nSPS) is 35.0. The predicted molar refractivity (Wildman–Crippen MR) is 110 cm³/mol. The number of carbonyl (C=O) groups is 4. The van der Waals surface area contributed by atoms with Crippen molar-refractivity contribution in [3.05, 3.63) is 48.6 Å². The van der Waals surface area contributed by atoms with Gasteiger partial charge in [-0.15, -0.1) is 0 Å². The van der Waals surface area contributed by atoms with Crippen LogP contribution in [0, 0.1) is 11.8 Å². The first-order valence-corrected chi connectivity index (χ1v) is 10.0. The molecule has 0 aromatic rings. The summed E-state index contributed by atoms with van der Waals surface area (Å²) in [6, 6.07) is 0. The first kappa shape index (κ1) is 24.3. The summed E-state index contributed by atoms with van der Waals surface area (Å²) >= 11 is 0. The minimum atomic E-state index is -2.26. The molecule has 0 radical (unpaired) electrons. The number of allylic oxidation sites excluding steroid dienone is 3. The molecular formula is C23H28O8. The number of aliphatic hydroxyl groups is 1. The summed E-state index contributed by atoms with van der Waals surface area (Å²) in [5.74, 6) is -4.19. The second kappa shape index (κ2) is 9.87. The molecule has 0 bridgehead atoms. The van der Waals surface area contributed by atoms with Gasteiger partial charge in [0, 0.05) is 17.7 Å². The molecule has 0 amide bonds. The van der Waals surface area contributed by atoms with Gasteiger partial charge in [-0.1, -0.05) is 31.7 Å². The van der Waals surface area contributed by atoms with E-state index in [1.54, 1.807) is 19.9 Å². The number of rotatable bonds is 4. The Hall–Kier alpha value is -3.00. The van der Waals surface area contributed by atoms with E-state index < -0.39 is 53.5 Å². The number of ketones is 1. The van der Waals surface area contributed by atoms with Gasteiger partial charge >= 0.3 is 17.9 Å². The van der Waals surface area contributed by atoms with E-state index in [0.717, 1.165) is 12.2 Å². The lowest BCUT2D eigenvalue weighted by atomic mass is 9.77. The maximum atomic E-state index is 12.8. The number of hydrogen-bond acceptors (Lipinski definition) is 8. The SMILES string of the molecule is C=C1C(=O)O[C@@H]2C[C@@H](C)/C=C\C(=O)[C@@](C)(O)[C@H](OC(=O)/C=C/C)[C@@H](OC(=O)/C=C/C)[C@@H]12. The summed E-state index contributed by atoms with van der Waals surface area (Å²) in [5, 5.41) is 11.1. The van der Waals surface area contributed by atoms with Gasteiger partial charge in [-0.3, -0.25) is 4.79 Å². The van der Waals surface area contributed by atoms with E-state index in [9.17, 15) is 24.3 Å². The molecule has 31 heavy (non-hydrogen) atoms.